The Morgan fingerprint density at radius 2 is 0.611 bits per heavy atom. The topological polar surface area (TPSA) is 0 Å². The molecule has 0 fully saturated rings. The molecule has 0 aliphatic heterocycles. The molecule has 0 aliphatic carbocycles. The molecule has 0 bridgehead atoms. The molecule has 0 amide bonds. The van der Waals surface area contributed by atoms with Crippen molar-refractivity contribution in [2.45, 2.75) is 12.8 Å². The van der Waals surface area contributed by atoms with Crippen LogP contribution in [0.5, 0.6) is 0 Å². The average molecular weight is 616 g/mol. The molecular weight excluding hydrogens is 588 g/mol. The van der Waals surface area contributed by atoms with Crippen LogP contribution in [0.1, 0.15) is 12.8 Å². The van der Waals surface area contributed by atoms with E-state index in [1.165, 1.54) is 46.4 Å². The van der Waals surface area contributed by atoms with Gasteiger partial charge in [-0.15, -0.1) is 0 Å². The monoisotopic (exact) mass is 616 g/mol. The van der Waals surface area contributed by atoms with Gasteiger partial charge in [0.15, 0.2) is 0 Å². The zero-order valence-corrected chi connectivity index (χ0v) is 23.1. The van der Waals surface area contributed by atoms with Crippen molar-refractivity contribution in [2.75, 3.05) is 12.3 Å². The first kappa shape index (κ1) is 30.4. The standard InChI is InChI=1S/C28H28P2.BF4.Rh/c1-5-15-25(16-6-1)29(26-17-7-2-8-18-26)23-13-14-24-30(27-19-9-3-10-20-27)28-21-11-4-12-22-28;2-1(3,4)5;/h1-12,15-22H,13-14,23-24H2;;/q;-1;+1. The molecule has 8 heteroatoms. The van der Waals surface area contributed by atoms with Crippen LogP contribution in [-0.4, -0.2) is 19.6 Å². The second-order valence-corrected chi connectivity index (χ2v) is 12.5. The van der Waals surface area contributed by atoms with E-state index in [0.717, 1.165) is 0 Å². The van der Waals surface area contributed by atoms with Gasteiger partial charge in [0.1, 0.15) is 0 Å². The van der Waals surface area contributed by atoms with E-state index >= 15 is 0 Å². The van der Waals surface area contributed by atoms with Gasteiger partial charge in [-0.3, -0.25) is 0 Å². The number of unbranched alkanes of at least 4 members (excludes halogenated alkanes) is 1. The zero-order chi connectivity index (χ0) is 24.9. The van der Waals surface area contributed by atoms with E-state index in [2.05, 4.69) is 121 Å². The third kappa shape index (κ3) is 11.0. The molecular formula is C28H28BF4P2Rh. The van der Waals surface area contributed by atoms with Crippen LogP contribution in [0.25, 0.3) is 0 Å². The summed E-state index contributed by atoms with van der Waals surface area (Å²) in [6.45, 7) is 0. The van der Waals surface area contributed by atoms with Gasteiger partial charge in [0.2, 0.25) is 0 Å². The molecule has 0 aromatic heterocycles. The molecule has 0 saturated carbocycles. The average Bonchev–Trinajstić information content (AvgIpc) is 2.87. The molecule has 0 aliphatic rings. The first-order chi connectivity index (χ1) is 16.9. The molecule has 0 atom stereocenters. The van der Waals surface area contributed by atoms with Crippen LogP contribution < -0.4 is 21.2 Å². The fourth-order valence-corrected chi connectivity index (χ4v) is 8.62. The third-order valence-corrected chi connectivity index (χ3v) is 10.5. The van der Waals surface area contributed by atoms with E-state index in [0.29, 0.717) is 0 Å². The second-order valence-electron chi connectivity index (χ2n) is 7.85. The van der Waals surface area contributed by atoms with Crippen LogP contribution in [0.2, 0.25) is 0 Å². The largest absolute Gasteiger partial charge is 1.00 e. The molecule has 4 rings (SSSR count). The van der Waals surface area contributed by atoms with Crippen LogP contribution in [0.3, 0.4) is 0 Å². The van der Waals surface area contributed by atoms with Gasteiger partial charge < -0.3 is 17.3 Å². The molecule has 4 aromatic carbocycles. The summed E-state index contributed by atoms with van der Waals surface area (Å²) < 4.78 is 39.0. The van der Waals surface area contributed by atoms with Crippen molar-refractivity contribution in [3.8, 4) is 0 Å². The van der Waals surface area contributed by atoms with Gasteiger partial charge in [-0.25, -0.2) is 0 Å². The quantitative estimate of drug-likeness (QED) is 0.0801. The number of hydrogen-bond donors (Lipinski definition) is 0. The second kappa shape index (κ2) is 16.1. The Morgan fingerprint density at radius 1 is 0.417 bits per heavy atom. The number of benzene rings is 4. The summed E-state index contributed by atoms with van der Waals surface area (Å²) in [6, 6.07) is 44.3. The Morgan fingerprint density at radius 3 is 0.806 bits per heavy atom. The van der Waals surface area contributed by atoms with Gasteiger partial charge in [-0.1, -0.05) is 121 Å². The van der Waals surface area contributed by atoms with Crippen LogP contribution in [0.15, 0.2) is 121 Å². The van der Waals surface area contributed by atoms with E-state index < -0.39 is 7.25 Å². The predicted molar refractivity (Wildman–Crippen MR) is 147 cm³/mol. The molecule has 0 unspecified atom stereocenters. The normalized spacial score (nSPS) is 10.9. The number of rotatable bonds is 9. The third-order valence-electron chi connectivity index (χ3n) is 5.28. The van der Waals surface area contributed by atoms with Crippen LogP contribution in [-0.2, 0) is 19.5 Å². The molecule has 0 heterocycles. The van der Waals surface area contributed by atoms with Crippen molar-refractivity contribution >= 4 is 44.3 Å². The summed E-state index contributed by atoms with van der Waals surface area (Å²) in [7, 11) is -6.57. The van der Waals surface area contributed by atoms with E-state index in [1.807, 2.05) is 0 Å². The predicted octanol–water partition coefficient (Wildman–Crippen LogP) is 7.33. The fraction of sp³-hybridized carbons (Fsp3) is 0.143. The first-order valence-corrected chi connectivity index (χ1v) is 14.6. The minimum Gasteiger partial charge on any atom is -0.418 e. The van der Waals surface area contributed by atoms with Gasteiger partial charge in [0.05, 0.1) is 0 Å². The van der Waals surface area contributed by atoms with Gasteiger partial charge >= 0.3 is 26.7 Å². The van der Waals surface area contributed by atoms with E-state index in [-0.39, 0.29) is 35.3 Å². The first-order valence-electron chi connectivity index (χ1n) is 11.5. The van der Waals surface area contributed by atoms with Crippen molar-refractivity contribution in [1.82, 2.24) is 0 Å². The maximum absolute atomic E-state index is 9.75. The molecule has 190 valence electrons. The molecule has 4 aromatic rings. The Balaban J connectivity index is 0.000000694. The molecule has 0 nitrogen and oxygen atoms in total. The summed E-state index contributed by atoms with van der Waals surface area (Å²) in [5.74, 6) is 0. The van der Waals surface area contributed by atoms with Crippen molar-refractivity contribution in [2.24, 2.45) is 0 Å². The summed E-state index contributed by atoms with van der Waals surface area (Å²) in [5.41, 5.74) is 0. The van der Waals surface area contributed by atoms with Gasteiger partial charge in [0.25, 0.3) is 0 Å². The van der Waals surface area contributed by atoms with Crippen molar-refractivity contribution < 1.29 is 36.7 Å². The van der Waals surface area contributed by atoms with Crippen molar-refractivity contribution in [3.63, 3.8) is 0 Å². The Hall–Kier alpha value is -1.85. The number of halogens is 4. The van der Waals surface area contributed by atoms with Gasteiger partial charge in [-0.2, -0.15) is 0 Å². The maximum Gasteiger partial charge on any atom is 1.00 e. The summed E-state index contributed by atoms with van der Waals surface area (Å²) in [6.07, 6.45) is 5.06. The number of hydrogen-bond acceptors (Lipinski definition) is 0. The summed E-state index contributed by atoms with van der Waals surface area (Å²) in [5, 5.41) is 5.97. The van der Waals surface area contributed by atoms with E-state index in [1.54, 1.807) is 0 Å². The summed E-state index contributed by atoms with van der Waals surface area (Å²) in [4.78, 5) is 0. The minimum atomic E-state index is -6.00. The Bertz CT molecular complexity index is 932. The maximum atomic E-state index is 9.75. The Labute approximate surface area is 226 Å². The van der Waals surface area contributed by atoms with E-state index in [4.69, 9.17) is 0 Å². The van der Waals surface area contributed by atoms with Crippen molar-refractivity contribution in [3.05, 3.63) is 121 Å². The Kier molecular flexibility index (Phi) is 13.6. The van der Waals surface area contributed by atoms with Crippen LogP contribution in [0.4, 0.5) is 17.3 Å². The summed E-state index contributed by atoms with van der Waals surface area (Å²) >= 11 is 0. The van der Waals surface area contributed by atoms with Gasteiger partial charge in [0, 0.05) is 0 Å². The van der Waals surface area contributed by atoms with Crippen LogP contribution >= 0.6 is 15.8 Å². The smallest absolute Gasteiger partial charge is 0.418 e. The molecule has 0 spiro atoms. The van der Waals surface area contributed by atoms with Crippen molar-refractivity contribution in [1.29, 1.82) is 0 Å². The molecule has 0 saturated heterocycles. The zero-order valence-electron chi connectivity index (χ0n) is 19.7. The van der Waals surface area contributed by atoms with Crippen LogP contribution in [0, 0.1) is 0 Å². The van der Waals surface area contributed by atoms with E-state index in [9.17, 15) is 17.3 Å². The van der Waals surface area contributed by atoms with Gasteiger partial charge in [-0.05, 0) is 62.2 Å². The molecule has 36 heavy (non-hydrogen) atoms. The minimum absolute atomic E-state index is 0. The molecule has 0 N–H and O–H groups in total. The molecule has 0 radical (unpaired) electrons. The SMILES string of the molecule is F[B-](F)(F)F.[Rh+].c1ccc(P(CCCCP(c2ccccc2)c2ccccc2)c2ccccc2)cc1. The fourth-order valence-electron chi connectivity index (χ4n) is 3.79.